The van der Waals surface area contributed by atoms with Crippen molar-refractivity contribution in [2.45, 2.75) is 44.2 Å². The summed E-state index contributed by atoms with van der Waals surface area (Å²) < 4.78 is 5.95. The molecule has 1 aliphatic heterocycles. The first-order valence-electron chi connectivity index (χ1n) is 8.05. The number of benzene rings is 1. The molecule has 0 aromatic heterocycles. The van der Waals surface area contributed by atoms with Crippen LogP contribution in [0.15, 0.2) is 51.5 Å². The Morgan fingerprint density at radius 1 is 1.24 bits per heavy atom. The second-order valence-electron chi connectivity index (χ2n) is 7.19. The van der Waals surface area contributed by atoms with Crippen LogP contribution in [0.3, 0.4) is 0 Å². The van der Waals surface area contributed by atoms with Gasteiger partial charge in [0.15, 0.2) is 11.5 Å². The molecule has 0 saturated carbocycles. The molecule has 0 spiro atoms. The number of carbonyl (C=O) groups is 1. The van der Waals surface area contributed by atoms with Crippen molar-refractivity contribution in [1.29, 1.82) is 0 Å². The van der Waals surface area contributed by atoms with Crippen molar-refractivity contribution in [2.24, 2.45) is 11.1 Å². The normalized spacial score (nSPS) is 19.2. The average Bonchev–Trinajstić information content (AvgIpc) is 2.52. The van der Waals surface area contributed by atoms with Crippen molar-refractivity contribution < 1.29 is 14.6 Å². The van der Waals surface area contributed by atoms with Crippen LogP contribution in [0.25, 0.3) is 0 Å². The highest BCUT2D eigenvalue weighted by Gasteiger charge is 2.41. The van der Waals surface area contributed by atoms with Gasteiger partial charge in [-0.15, -0.1) is 12.4 Å². The van der Waals surface area contributed by atoms with E-state index in [1.54, 1.807) is 18.7 Å². The molecule has 3 rings (SSSR count). The van der Waals surface area contributed by atoms with Crippen LogP contribution >= 0.6 is 24.2 Å². The van der Waals surface area contributed by atoms with Crippen LogP contribution in [0.5, 0.6) is 0 Å². The summed E-state index contributed by atoms with van der Waals surface area (Å²) in [4.78, 5) is 14.7. The van der Waals surface area contributed by atoms with Gasteiger partial charge >= 0.3 is 0 Å². The Labute approximate surface area is 158 Å². The smallest absolute Gasteiger partial charge is 0.167 e. The van der Waals surface area contributed by atoms with E-state index in [-0.39, 0.29) is 31.2 Å². The molecule has 1 heterocycles. The lowest BCUT2D eigenvalue weighted by Crippen LogP contribution is -2.54. The Morgan fingerprint density at radius 2 is 1.92 bits per heavy atom. The molecular formula is C19H24ClNO3S. The molecule has 0 bridgehead atoms. The minimum atomic E-state index is -1.07. The van der Waals surface area contributed by atoms with Crippen molar-refractivity contribution in [1.82, 2.24) is 0 Å². The predicted molar refractivity (Wildman–Crippen MR) is 103 cm³/mol. The number of hydrogen-bond acceptors (Lipinski definition) is 5. The van der Waals surface area contributed by atoms with E-state index in [1.807, 2.05) is 32.1 Å². The Morgan fingerprint density at radius 3 is 2.60 bits per heavy atom. The summed E-state index contributed by atoms with van der Waals surface area (Å²) in [5, 5.41) is 9.55. The maximum absolute atomic E-state index is 12.6. The van der Waals surface area contributed by atoms with Gasteiger partial charge in [0.1, 0.15) is 5.76 Å². The van der Waals surface area contributed by atoms with E-state index >= 15 is 0 Å². The van der Waals surface area contributed by atoms with Crippen molar-refractivity contribution in [3.63, 3.8) is 0 Å². The third kappa shape index (κ3) is 3.80. The Kier molecular flexibility index (Phi) is 5.74. The molecule has 6 heteroatoms. The zero-order chi connectivity index (χ0) is 17.5. The highest BCUT2D eigenvalue weighted by molar-refractivity contribution is 8.03. The number of rotatable bonds is 4. The molecule has 0 amide bonds. The Bertz CT molecular complexity index is 753. The van der Waals surface area contributed by atoms with Gasteiger partial charge in [-0.1, -0.05) is 43.8 Å². The maximum Gasteiger partial charge on any atom is 0.167 e. The summed E-state index contributed by atoms with van der Waals surface area (Å²) >= 11 is 1.60. The Balaban J connectivity index is 0.00000225. The molecule has 0 fully saturated rings. The number of aliphatic hydroxyl groups is 1. The zero-order valence-corrected chi connectivity index (χ0v) is 16.3. The van der Waals surface area contributed by atoms with Crippen LogP contribution in [-0.2, 0) is 16.0 Å². The molecular weight excluding hydrogens is 358 g/mol. The number of nitrogens with two attached hydrogens (primary N) is 1. The molecule has 1 aromatic rings. The number of thioether (sulfide) groups is 1. The van der Waals surface area contributed by atoms with Gasteiger partial charge in [-0.05, 0) is 24.6 Å². The van der Waals surface area contributed by atoms with Gasteiger partial charge in [0.25, 0.3) is 0 Å². The van der Waals surface area contributed by atoms with Crippen molar-refractivity contribution in [3.05, 3.63) is 52.1 Å². The molecule has 1 aliphatic carbocycles. The van der Waals surface area contributed by atoms with Gasteiger partial charge in [-0.2, -0.15) is 0 Å². The molecule has 1 unspecified atom stereocenters. The number of ether oxygens (including phenoxy) is 1. The van der Waals surface area contributed by atoms with E-state index < -0.39 is 11.1 Å². The first-order chi connectivity index (χ1) is 11.2. The van der Waals surface area contributed by atoms with Crippen LogP contribution in [0.2, 0.25) is 0 Å². The standard InChI is InChI=1S/C19H23NO3S.ClH/c1-18(2,11-21)19(3,20)23-13-9-15(22)14-8-12-6-4-5-7-16(12)24-17(14)10-13;/h4-7,10,21H,8-9,11,20H2,1-3H3;1H. The maximum atomic E-state index is 12.6. The van der Waals surface area contributed by atoms with Gasteiger partial charge in [-0.25, -0.2) is 0 Å². The number of ketones is 1. The van der Waals surface area contributed by atoms with E-state index in [0.717, 1.165) is 10.5 Å². The number of hydrogen-bond donors (Lipinski definition) is 2. The van der Waals surface area contributed by atoms with E-state index in [1.165, 1.54) is 10.5 Å². The van der Waals surface area contributed by atoms with Crippen molar-refractivity contribution in [3.8, 4) is 0 Å². The lowest BCUT2D eigenvalue weighted by Gasteiger charge is -2.41. The first kappa shape index (κ1) is 20.0. The molecule has 2 aliphatic rings. The fourth-order valence-electron chi connectivity index (χ4n) is 2.65. The topological polar surface area (TPSA) is 72.6 Å². The summed E-state index contributed by atoms with van der Waals surface area (Å²) in [5.41, 5.74) is 6.62. The summed E-state index contributed by atoms with van der Waals surface area (Å²) in [6.07, 6.45) is 2.81. The van der Waals surface area contributed by atoms with Crippen LogP contribution in [0, 0.1) is 5.41 Å². The van der Waals surface area contributed by atoms with Gasteiger partial charge < -0.3 is 9.84 Å². The number of aliphatic hydroxyl groups excluding tert-OH is 1. The van der Waals surface area contributed by atoms with E-state index in [9.17, 15) is 9.90 Å². The second kappa shape index (κ2) is 7.16. The quantitative estimate of drug-likeness (QED) is 0.780. The number of halogens is 1. The van der Waals surface area contributed by atoms with Crippen LogP contribution < -0.4 is 5.73 Å². The largest absolute Gasteiger partial charge is 0.476 e. The Hall–Kier alpha value is -1.27. The van der Waals surface area contributed by atoms with Gasteiger partial charge in [0.05, 0.1) is 13.0 Å². The van der Waals surface area contributed by atoms with Gasteiger partial charge in [-0.3, -0.25) is 10.5 Å². The van der Waals surface area contributed by atoms with Gasteiger partial charge in [0.2, 0.25) is 0 Å². The number of fused-ring (bicyclic) bond motifs is 1. The van der Waals surface area contributed by atoms with E-state index in [2.05, 4.69) is 12.1 Å². The monoisotopic (exact) mass is 381 g/mol. The van der Waals surface area contributed by atoms with Crippen LogP contribution in [0.1, 0.15) is 32.8 Å². The molecule has 1 atom stereocenters. The van der Waals surface area contributed by atoms with Crippen LogP contribution in [-0.4, -0.2) is 23.2 Å². The van der Waals surface area contributed by atoms with Crippen molar-refractivity contribution in [2.75, 3.05) is 6.61 Å². The zero-order valence-electron chi connectivity index (χ0n) is 14.7. The summed E-state index contributed by atoms with van der Waals surface area (Å²) in [5.74, 6) is 0.652. The molecule has 3 N–H and O–H groups in total. The average molecular weight is 382 g/mol. The minimum absolute atomic E-state index is 0. The fourth-order valence-corrected chi connectivity index (χ4v) is 3.81. The molecule has 0 saturated heterocycles. The number of carbonyl (C=O) groups excluding carboxylic acids is 1. The van der Waals surface area contributed by atoms with Crippen LogP contribution in [0.4, 0.5) is 0 Å². The summed E-state index contributed by atoms with van der Waals surface area (Å²) in [7, 11) is 0. The third-order valence-electron chi connectivity index (χ3n) is 4.90. The third-order valence-corrected chi connectivity index (χ3v) is 6.11. The van der Waals surface area contributed by atoms with E-state index in [0.29, 0.717) is 12.2 Å². The molecule has 25 heavy (non-hydrogen) atoms. The summed E-state index contributed by atoms with van der Waals surface area (Å²) in [6, 6.07) is 8.14. The molecule has 4 nitrogen and oxygen atoms in total. The molecule has 1 aromatic carbocycles. The predicted octanol–water partition coefficient (Wildman–Crippen LogP) is 3.58. The molecule has 136 valence electrons. The minimum Gasteiger partial charge on any atom is -0.476 e. The lowest BCUT2D eigenvalue weighted by molar-refractivity contribution is -0.119. The first-order valence-corrected chi connectivity index (χ1v) is 8.86. The molecule has 0 radical (unpaired) electrons. The van der Waals surface area contributed by atoms with Crippen molar-refractivity contribution >= 4 is 30.0 Å². The fraction of sp³-hybridized carbons (Fsp3) is 0.421. The highest BCUT2D eigenvalue weighted by atomic mass is 35.5. The van der Waals surface area contributed by atoms with Gasteiger partial charge in [0, 0.05) is 27.2 Å². The summed E-state index contributed by atoms with van der Waals surface area (Å²) in [6.45, 7) is 5.32. The highest BCUT2D eigenvalue weighted by Crippen LogP contribution is 2.43. The van der Waals surface area contributed by atoms with E-state index in [4.69, 9.17) is 10.5 Å². The second-order valence-corrected chi connectivity index (χ2v) is 8.27. The number of allylic oxidation sites excluding steroid dienone is 3. The number of Topliss-reactive ketones (excluding diaryl/α,β-unsaturated/α-hetero) is 1. The SMILES string of the molecule is CC(C)(CO)C(C)(N)OC1=CC2=C(Cc3ccccc3S2)C(=O)C1.Cl. The lowest BCUT2D eigenvalue weighted by atomic mass is 9.83.